The summed E-state index contributed by atoms with van der Waals surface area (Å²) >= 11 is 0. The fourth-order valence-electron chi connectivity index (χ4n) is 1.78. The highest BCUT2D eigenvalue weighted by atomic mass is 16.6. The average Bonchev–Trinajstić information content (AvgIpc) is 2.39. The molecular weight excluding hydrogens is 256 g/mol. The van der Waals surface area contributed by atoms with Gasteiger partial charge in [-0.1, -0.05) is 47.0 Å². The Morgan fingerprint density at radius 2 is 1.90 bits per heavy atom. The minimum Gasteiger partial charge on any atom is -0.462 e. The molecule has 4 heteroatoms. The molecule has 2 unspecified atom stereocenters. The van der Waals surface area contributed by atoms with E-state index in [1.54, 1.807) is 20.8 Å². The van der Waals surface area contributed by atoms with Gasteiger partial charge in [-0.15, -0.1) is 0 Å². The molecule has 0 rings (SSSR count). The molecule has 0 aromatic carbocycles. The molecule has 0 spiro atoms. The van der Waals surface area contributed by atoms with E-state index in [4.69, 9.17) is 9.47 Å². The molecule has 0 fully saturated rings. The first kappa shape index (κ1) is 19.4. The van der Waals surface area contributed by atoms with E-state index in [0.29, 0.717) is 12.5 Å². The van der Waals surface area contributed by atoms with Crippen LogP contribution in [-0.2, 0) is 14.3 Å². The van der Waals surface area contributed by atoms with Crippen LogP contribution in [0, 0.1) is 11.8 Å². The molecule has 0 radical (unpaired) electrons. The van der Waals surface area contributed by atoms with Gasteiger partial charge in [0.25, 0.3) is 0 Å². The van der Waals surface area contributed by atoms with E-state index in [0.717, 1.165) is 12.8 Å². The molecule has 0 aliphatic rings. The van der Waals surface area contributed by atoms with Gasteiger partial charge in [-0.3, -0.25) is 4.79 Å². The lowest BCUT2D eigenvalue weighted by atomic mass is 10.0. The summed E-state index contributed by atoms with van der Waals surface area (Å²) in [5.41, 5.74) is -1.12. The second-order valence-corrected chi connectivity index (χ2v) is 6.19. The van der Waals surface area contributed by atoms with E-state index in [9.17, 15) is 9.90 Å². The number of hydrogen-bond donors (Lipinski definition) is 1. The number of carbonyl (C=O) groups is 1. The first-order valence-electron chi connectivity index (χ1n) is 7.79. The summed E-state index contributed by atoms with van der Waals surface area (Å²) in [6, 6.07) is 0. The van der Waals surface area contributed by atoms with Gasteiger partial charge >= 0.3 is 5.97 Å². The lowest BCUT2D eigenvalue weighted by molar-refractivity contribution is -0.158. The van der Waals surface area contributed by atoms with E-state index in [1.807, 2.05) is 0 Å². The molecule has 0 saturated heterocycles. The lowest BCUT2D eigenvalue weighted by Gasteiger charge is -2.24. The Kier molecular flexibility index (Phi) is 9.86. The molecule has 0 aliphatic heterocycles. The van der Waals surface area contributed by atoms with Crippen LogP contribution in [-0.4, -0.2) is 36.5 Å². The van der Waals surface area contributed by atoms with Crippen molar-refractivity contribution in [3.05, 3.63) is 0 Å². The third kappa shape index (κ3) is 9.32. The lowest BCUT2D eigenvalue weighted by Crippen LogP contribution is -2.38. The summed E-state index contributed by atoms with van der Waals surface area (Å²) in [5.74, 6) is 0.0776. The third-order valence-corrected chi connectivity index (χ3v) is 3.31. The van der Waals surface area contributed by atoms with Crippen molar-refractivity contribution in [2.24, 2.45) is 11.8 Å². The van der Waals surface area contributed by atoms with Gasteiger partial charge in [0, 0.05) is 6.61 Å². The van der Waals surface area contributed by atoms with Crippen LogP contribution in [0.3, 0.4) is 0 Å². The van der Waals surface area contributed by atoms with E-state index >= 15 is 0 Å². The van der Waals surface area contributed by atoms with Crippen molar-refractivity contribution in [2.45, 2.75) is 65.9 Å². The number of unbranched alkanes of at least 4 members (excludes halogenated alkanes) is 1. The van der Waals surface area contributed by atoms with Crippen molar-refractivity contribution in [2.75, 3.05) is 19.8 Å². The van der Waals surface area contributed by atoms with Crippen molar-refractivity contribution in [3.8, 4) is 0 Å². The molecular formula is C16H32O4. The second kappa shape index (κ2) is 10.2. The van der Waals surface area contributed by atoms with Crippen LogP contribution in [0.2, 0.25) is 0 Å². The number of ether oxygens (including phenoxy) is 2. The zero-order valence-electron chi connectivity index (χ0n) is 13.8. The average molecular weight is 288 g/mol. The van der Waals surface area contributed by atoms with Crippen LogP contribution < -0.4 is 0 Å². The fourth-order valence-corrected chi connectivity index (χ4v) is 1.78. The summed E-state index contributed by atoms with van der Waals surface area (Å²) in [7, 11) is 0. The van der Waals surface area contributed by atoms with Gasteiger partial charge < -0.3 is 14.6 Å². The summed E-state index contributed by atoms with van der Waals surface area (Å²) in [5, 5.41) is 10.1. The van der Waals surface area contributed by atoms with Gasteiger partial charge in [-0.2, -0.15) is 0 Å². The number of hydrogen-bond acceptors (Lipinski definition) is 4. The minimum absolute atomic E-state index is 0.0181. The summed E-state index contributed by atoms with van der Waals surface area (Å²) < 4.78 is 10.6. The Bertz CT molecular complexity index is 261. The van der Waals surface area contributed by atoms with Crippen molar-refractivity contribution in [1.82, 2.24) is 0 Å². The van der Waals surface area contributed by atoms with Crippen LogP contribution in [0.1, 0.15) is 60.3 Å². The Labute approximate surface area is 123 Å². The Morgan fingerprint density at radius 1 is 1.25 bits per heavy atom. The molecule has 0 heterocycles. The normalized spacial score (nSPS) is 15.9. The summed E-state index contributed by atoms with van der Waals surface area (Å²) in [4.78, 5) is 11.4. The van der Waals surface area contributed by atoms with Crippen molar-refractivity contribution in [1.29, 1.82) is 0 Å². The van der Waals surface area contributed by atoms with E-state index in [1.165, 1.54) is 12.8 Å². The maximum Gasteiger partial charge on any atom is 0.308 e. The third-order valence-electron chi connectivity index (χ3n) is 3.31. The smallest absolute Gasteiger partial charge is 0.308 e. The first-order valence-corrected chi connectivity index (χ1v) is 7.79. The second-order valence-electron chi connectivity index (χ2n) is 6.19. The highest BCUT2D eigenvalue weighted by Crippen LogP contribution is 2.14. The topological polar surface area (TPSA) is 55.8 Å². The van der Waals surface area contributed by atoms with Crippen molar-refractivity contribution >= 4 is 5.97 Å². The maximum absolute atomic E-state index is 11.4. The SMILES string of the molecule is CCCCC(CC)COCC(C)(O)COC(=O)C(C)C. The highest BCUT2D eigenvalue weighted by Gasteiger charge is 2.24. The summed E-state index contributed by atoms with van der Waals surface area (Å²) in [6.45, 7) is 10.4. The molecule has 0 aliphatic carbocycles. The molecule has 1 N–H and O–H groups in total. The Hall–Kier alpha value is -0.610. The Balaban J connectivity index is 3.93. The number of rotatable bonds is 11. The van der Waals surface area contributed by atoms with Crippen LogP contribution in [0.5, 0.6) is 0 Å². The van der Waals surface area contributed by atoms with Crippen LogP contribution >= 0.6 is 0 Å². The van der Waals surface area contributed by atoms with Crippen LogP contribution in [0.4, 0.5) is 0 Å². The molecule has 4 nitrogen and oxygen atoms in total. The predicted molar refractivity (Wildman–Crippen MR) is 80.5 cm³/mol. The van der Waals surface area contributed by atoms with Crippen LogP contribution in [0.15, 0.2) is 0 Å². The van der Waals surface area contributed by atoms with E-state index < -0.39 is 5.60 Å². The fraction of sp³-hybridized carbons (Fsp3) is 0.938. The van der Waals surface area contributed by atoms with Gasteiger partial charge in [0.2, 0.25) is 0 Å². The monoisotopic (exact) mass is 288 g/mol. The molecule has 0 amide bonds. The molecule has 0 saturated carbocycles. The molecule has 20 heavy (non-hydrogen) atoms. The number of carbonyl (C=O) groups excluding carboxylic acids is 1. The molecule has 0 aromatic rings. The molecule has 0 bridgehead atoms. The maximum atomic E-state index is 11.4. The zero-order valence-corrected chi connectivity index (χ0v) is 13.8. The van der Waals surface area contributed by atoms with Gasteiger partial charge in [-0.05, 0) is 19.3 Å². The van der Waals surface area contributed by atoms with Gasteiger partial charge in [-0.25, -0.2) is 0 Å². The Morgan fingerprint density at radius 3 is 2.40 bits per heavy atom. The first-order chi connectivity index (χ1) is 9.32. The number of esters is 1. The largest absolute Gasteiger partial charge is 0.462 e. The molecule has 2 atom stereocenters. The number of aliphatic hydroxyl groups is 1. The van der Waals surface area contributed by atoms with Gasteiger partial charge in [0.05, 0.1) is 12.5 Å². The van der Waals surface area contributed by atoms with Crippen molar-refractivity contribution < 1.29 is 19.4 Å². The van der Waals surface area contributed by atoms with E-state index in [-0.39, 0.29) is 25.1 Å². The summed E-state index contributed by atoms with van der Waals surface area (Å²) in [6.07, 6.45) is 4.66. The van der Waals surface area contributed by atoms with Gasteiger partial charge in [0.15, 0.2) is 0 Å². The van der Waals surface area contributed by atoms with Gasteiger partial charge in [0.1, 0.15) is 12.2 Å². The standard InChI is InChI=1S/C16H32O4/c1-6-8-9-14(7-2)10-19-11-16(5,18)12-20-15(17)13(3)4/h13-14,18H,6-12H2,1-5H3. The van der Waals surface area contributed by atoms with Crippen LogP contribution in [0.25, 0.3) is 0 Å². The zero-order chi connectivity index (χ0) is 15.6. The molecule has 120 valence electrons. The predicted octanol–water partition coefficient (Wildman–Crippen LogP) is 3.17. The highest BCUT2D eigenvalue weighted by molar-refractivity contribution is 5.71. The molecule has 0 aromatic heterocycles. The minimum atomic E-state index is -1.12. The van der Waals surface area contributed by atoms with Crippen molar-refractivity contribution in [3.63, 3.8) is 0 Å². The quantitative estimate of drug-likeness (QED) is 0.593. The van der Waals surface area contributed by atoms with E-state index in [2.05, 4.69) is 13.8 Å².